The minimum Gasteiger partial charge on any atom is -0.508 e. The van der Waals surface area contributed by atoms with Crippen LogP contribution in [0.2, 0.25) is 0 Å². The van der Waals surface area contributed by atoms with Crippen molar-refractivity contribution in [1.82, 2.24) is 0 Å². The van der Waals surface area contributed by atoms with Crippen molar-refractivity contribution < 1.29 is 5.11 Å². The van der Waals surface area contributed by atoms with Gasteiger partial charge in [-0.05, 0) is 36.8 Å². The van der Waals surface area contributed by atoms with Gasteiger partial charge in [-0.2, -0.15) is 0 Å². The van der Waals surface area contributed by atoms with Crippen LogP contribution in [-0.4, -0.2) is 19.2 Å². The molecule has 0 heterocycles. The normalized spacial score (nSPS) is 11.9. The van der Waals surface area contributed by atoms with Gasteiger partial charge in [-0.15, -0.1) is 0 Å². The van der Waals surface area contributed by atoms with Crippen molar-refractivity contribution >= 4 is 11.4 Å². The molecule has 2 aromatic rings. The molecule has 3 heteroatoms. The third-order valence-corrected chi connectivity index (χ3v) is 3.14. The Morgan fingerprint density at radius 1 is 1.05 bits per heavy atom. The summed E-state index contributed by atoms with van der Waals surface area (Å²) in [6.45, 7) is 2.11. The van der Waals surface area contributed by atoms with Crippen LogP contribution in [0.1, 0.15) is 18.5 Å². The largest absolute Gasteiger partial charge is 0.508 e. The lowest BCUT2D eigenvalue weighted by atomic mass is 10.1. The predicted molar refractivity (Wildman–Crippen MR) is 80.9 cm³/mol. The monoisotopic (exact) mass is 256 g/mol. The fraction of sp³-hybridized carbons (Fsp3) is 0.250. The predicted octanol–water partition coefficient (Wildman–Crippen LogP) is 3.63. The number of rotatable bonds is 4. The van der Waals surface area contributed by atoms with Crippen molar-refractivity contribution in [2.75, 3.05) is 24.3 Å². The topological polar surface area (TPSA) is 35.5 Å². The van der Waals surface area contributed by atoms with Gasteiger partial charge in [0.15, 0.2) is 0 Å². The molecule has 0 aliphatic heterocycles. The molecule has 19 heavy (non-hydrogen) atoms. The van der Waals surface area contributed by atoms with E-state index in [1.54, 1.807) is 12.1 Å². The van der Waals surface area contributed by atoms with Gasteiger partial charge in [0, 0.05) is 37.6 Å². The fourth-order valence-corrected chi connectivity index (χ4v) is 1.99. The number of phenolic OH excluding ortho intramolecular Hbond substituents is 1. The molecule has 3 nitrogen and oxygen atoms in total. The van der Waals surface area contributed by atoms with E-state index in [1.807, 2.05) is 26.2 Å². The first kappa shape index (κ1) is 13.3. The van der Waals surface area contributed by atoms with Crippen molar-refractivity contribution in [3.05, 3.63) is 54.1 Å². The van der Waals surface area contributed by atoms with Crippen LogP contribution in [0.4, 0.5) is 11.4 Å². The van der Waals surface area contributed by atoms with Crippen LogP contribution in [0.25, 0.3) is 0 Å². The smallest absolute Gasteiger partial charge is 0.117 e. The summed E-state index contributed by atoms with van der Waals surface area (Å²) in [7, 11) is 4.06. The molecule has 2 rings (SSSR count). The number of phenols is 1. The highest BCUT2D eigenvalue weighted by Gasteiger charge is 2.06. The van der Waals surface area contributed by atoms with E-state index >= 15 is 0 Å². The molecule has 0 saturated heterocycles. The highest BCUT2D eigenvalue weighted by Crippen LogP contribution is 2.23. The molecular formula is C16H20N2O. The van der Waals surface area contributed by atoms with Crippen LogP contribution >= 0.6 is 0 Å². The standard InChI is InChI=1S/C16H20N2O/c1-12(17-14-5-4-6-16(19)11-14)13-7-9-15(10-8-13)18(2)3/h4-12,17,19H,1-3H3. The van der Waals surface area contributed by atoms with Crippen LogP contribution in [0.3, 0.4) is 0 Å². The lowest BCUT2D eigenvalue weighted by Gasteiger charge is -2.18. The molecule has 0 aliphatic carbocycles. The maximum absolute atomic E-state index is 9.45. The van der Waals surface area contributed by atoms with E-state index in [2.05, 4.69) is 41.4 Å². The molecular weight excluding hydrogens is 236 g/mol. The van der Waals surface area contributed by atoms with Crippen molar-refractivity contribution in [3.63, 3.8) is 0 Å². The van der Waals surface area contributed by atoms with E-state index < -0.39 is 0 Å². The number of hydrogen-bond donors (Lipinski definition) is 2. The fourth-order valence-electron chi connectivity index (χ4n) is 1.99. The number of aromatic hydroxyl groups is 1. The maximum atomic E-state index is 9.45. The molecule has 1 atom stereocenters. The van der Waals surface area contributed by atoms with Gasteiger partial charge in [-0.25, -0.2) is 0 Å². The first-order chi connectivity index (χ1) is 9.06. The molecule has 100 valence electrons. The van der Waals surface area contributed by atoms with Crippen molar-refractivity contribution in [1.29, 1.82) is 0 Å². The van der Waals surface area contributed by atoms with E-state index in [4.69, 9.17) is 0 Å². The first-order valence-electron chi connectivity index (χ1n) is 6.39. The van der Waals surface area contributed by atoms with E-state index in [0.717, 1.165) is 5.69 Å². The molecule has 0 bridgehead atoms. The Bertz CT molecular complexity index is 535. The molecule has 2 aromatic carbocycles. The third kappa shape index (κ3) is 3.41. The summed E-state index contributed by atoms with van der Waals surface area (Å²) in [5.41, 5.74) is 3.33. The number of nitrogens with zero attached hydrogens (tertiary/aromatic N) is 1. The quantitative estimate of drug-likeness (QED) is 0.876. The molecule has 0 amide bonds. The van der Waals surface area contributed by atoms with E-state index in [1.165, 1.54) is 11.3 Å². The third-order valence-electron chi connectivity index (χ3n) is 3.14. The number of anilines is 2. The lowest BCUT2D eigenvalue weighted by molar-refractivity contribution is 0.475. The zero-order chi connectivity index (χ0) is 13.8. The number of nitrogens with one attached hydrogen (secondary N) is 1. The Morgan fingerprint density at radius 2 is 1.74 bits per heavy atom. The molecule has 0 saturated carbocycles. The maximum Gasteiger partial charge on any atom is 0.117 e. The molecule has 1 unspecified atom stereocenters. The molecule has 0 radical (unpaired) electrons. The Balaban J connectivity index is 2.09. The summed E-state index contributed by atoms with van der Waals surface area (Å²) in [4.78, 5) is 2.08. The number of hydrogen-bond acceptors (Lipinski definition) is 3. The van der Waals surface area contributed by atoms with Crippen LogP contribution in [0.15, 0.2) is 48.5 Å². The highest BCUT2D eigenvalue weighted by atomic mass is 16.3. The SMILES string of the molecule is CC(Nc1cccc(O)c1)c1ccc(N(C)C)cc1. The molecule has 0 aromatic heterocycles. The first-order valence-corrected chi connectivity index (χ1v) is 6.39. The van der Waals surface area contributed by atoms with E-state index in [9.17, 15) is 5.11 Å². The molecule has 0 fully saturated rings. The van der Waals surface area contributed by atoms with Crippen molar-refractivity contribution in [3.8, 4) is 5.75 Å². The van der Waals surface area contributed by atoms with Gasteiger partial charge < -0.3 is 15.3 Å². The average molecular weight is 256 g/mol. The van der Waals surface area contributed by atoms with Gasteiger partial charge in [-0.3, -0.25) is 0 Å². The second-order valence-corrected chi connectivity index (χ2v) is 4.90. The Hall–Kier alpha value is -2.16. The second-order valence-electron chi connectivity index (χ2n) is 4.90. The average Bonchev–Trinajstić information content (AvgIpc) is 2.39. The van der Waals surface area contributed by atoms with Gasteiger partial charge in [0.25, 0.3) is 0 Å². The summed E-state index contributed by atoms with van der Waals surface area (Å²) in [6.07, 6.45) is 0. The zero-order valence-electron chi connectivity index (χ0n) is 11.6. The van der Waals surface area contributed by atoms with Crippen molar-refractivity contribution in [2.45, 2.75) is 13.0 Å². The van der Waals surface area contributed by atoms with E-state index in [-0.39, 0.29) is 11.8 Å². The van der Waals surface area contributed by atoms with Crippen molar-refractivity contribution in [2.24, 2.45) is 0 Å². The van der Waals surface area contributed by atoms with Crippen LogP contribution < -0.4 is 10.2 Å². The Morgan fingerprint density at radius 3 is 2.32 bits per heavy atom. The molecule has 0 spiro atoms. The van der Waals surface area contributed by atoms with Crippen LogP contribution in [0, 0.1) is 0 Å². The van der Waals surface area contributed by atoms with Gasteiger partial charge in [0.05, 0.1) is 0 Å². The van der Waals surface area contributed by atoms with Gasteiger partial charge in [0.1, 0.15) is 5.75 Å². The minimum absolute atomic E-state index is 0.193. The zero-order valence-corrected chi connectivity index (χ0v) is 11.6. The summed E-state index contributed by atoms with van der Waals surface area (Å²) >= 11 is 0. The van der Waals surface area contributed by atoms with Crippen LogP contribution in [-0.2, 0) is 0 Å². The minimum atomic E-state index is 0.193. The van der Waals surface area contributed by atoms with Gasteiger partial charge >= 0.3 is 0 Å². The van der Waals surface area contributed by atoms with Crippen LogP contribution in [0.5, 0.6) is 5.75 Å². The summed E-state index contributed by atoms with van der Waals surface area (Å²) < 4.78 is 0. The van der Waals surface area contributed by atoms with Gasteiger partial charge in [-0.1, -0.05) is 18.2 Å². The summed E-state index contributed by atoms with van der Waals surface area (Å²) in [6, 6.07) is 15.8. The number of benzene rings is 2. The second kappa shape index (κ2) is 5.65. The summed E-state index contributed by atoms with van der Waals surface area (Å²) in [5, 5.41) is 12.8. The molecule has 0 aliphatic rings. The molecule has 2 N–H and O–H groups in total. The highest BCUT2D eigenvalue weighted by molar-refractivity contribution is 5.51. The summed E-state index contributed by atoms with van der Waals surface area (Å²) in [5.74, 6) is 0.278. The Kier molecular flexibility index (Phi) is 3.95. The lowest BCUT2D eigenvalue weighted by Crippen LogP contribution is -2.10. The van der Waals surface area contributed by atoms with E-state index in [0.29, 0.717) is 0 Å². The van der Waals surface area contributed by atoms with Gasteiger partial charge in [0.2, 0.25) is 0 Å². The Labute approximate surface area is 114 Å².